The predicted octanol–water partition coefficient (Wildman–Crippen LogP) is 4.19. The first kappa shape index (κ1) is 19.4. The van der Waals surface area contributed by atoms with Crippen LogP contribution in [0.5, 0.6) is 0 Å². The maximum Gasteiger partial charge on any atom is 0.272 e. The van der Waals surface area contributed by atoms with Gasteiger partial charge in [-0.1, -0.05) is 30.3 Å². The van der Waals surface area contributed by atoms with E-state index in [2.05, 4.69) is 15.3 Å². The van der Waals surface area contributed by atoms with Crippen LogP contribution in [0.1, 0.15) is 34.9 Å². The summed E-state index contributed by atoms with van der Waals surface area (Å²) in [5.74, 6) is -0.685. The van der Waals surface area contributed by atoms with Crippen molar-refractivity contribution in [3.8, 4) is 11.1 Å². The summed E-state index contributed by atoms with van der Waals surface area (Å²) >= 11 is 0. The van der Waals surface area contributed by atoms with Crippen LogP contribution in [-0.4, -0.2) is 15.9 Å². The Morgan fingerprint density at radius 1 is 1.10 bits per heavy atom. The number of carbonyl (C=O) groups excluding carboxylic acids is 1. The number of carbonyl (C=O) groups is 1. The lowest BCUT2D eigenvalue weighted by Gasteiger charge is -2.17. The van der Waals surface area contributed by atoms with Crippen molar-refractivity contribution >= 4 is 16.9 Å². The molecule has 1 N–H and O–H groups in total. The predicted molar refractivity (Wildman–Crippen MR) is 111 cm³/mol. The molecule has 150 valence electrons. The average molecular weight is 403 g/mol. The van der Waals surface area contributed by atoms with Gasteiger partial charge in [-0.15, -0.1) is 0 Å². The van der Waals surface area contributed by atoms with Crippen LogP contribution in [-0.2, 0) is 0 Å². The fourth-order valence-electron chi connectivity index (χ4n) is 3.33. The van der Waals surface area contributed by atoms with Gasteiger partial charge >= 0.3 is 0 Å². The van der Waals surface area contributed by atoms with Crippen molar-refractivity contribution in [1.82, 2.24) is 15.3 Å². The molecule has 0 aliphatic carbocycles. The number of rotatable bonds is 4. The van der Waals surface area contributed by atoms with E-state index >= 15 is 0 Å². The van der Waals surface area contributed by atoms with Gasteiger partial charge in [0.1, 0.15) is 22.9 Å². The Morgan fingerprint density at radius 3 is 2.57 bits per heavy atom. The molecule has 0 aliphatic rings. The Kier molecular flexibility index (Phi) is 5.10. The zero-order valence-electron chi connectivity index (χ0n) is 16.3. The normalized spacial score (nSPS) is 12.0. The van der Waals surface area contributed by atoms with Crippen molar-refractivity contribution in [2.45, 2.75) is 19.9 Å². The van der Waals surface area contributed by atoms with Crippen LogP contribution < -0.4 is 10.7 Å². The number of aryl methyl sites for hydroxylation is 1. The molecule has 0 fully saturated rings. The third-order valence-electron chi connectivity index (χ3n) is 4.78. The number of nitrogens with zero attached hydrogens (tertiary/aromatic N) is 2. The molecule has 6 nitrogen and oxygen atoms in total. The van der Waals surface area contributed by atoms with Crippen LogP contribution in [0.4, 0.5) is 4.39 Å². The Hall–Kier alpha value is -3.87. The lowest BCUT2D eigenvalue weighted by Crippen LogP contribution is -2.29. The molecule has 2 aromatic heterocycles. The highest BCUT2D eigenvalue weighted by molar-refractivity contribution is 5.93. The van der Waals surface area contributed by atoms with Gasteiger partial charge < -0.3 is 9.73 Å². The van der Waals surface area contributed by atoms with Gasteiger partial charge in [0.05, 0.1) is 22.7 Å². The first-order chi connectivity index (χ1) is 14.5. The smallest absolute Gasteiger partial charge is 0.272 e. The molecule has 30 heavy (non-hydrogen) atoms. The highest BCUT2D eigenvalue weighted by Crippen LogP contribution is 2.29. The van der Waals surface area contributed by atoms with E-state index in [0.29, 0.717) is 11.3 Å². The second kappa shape index (κ2) is 7.87. The molecule has 0 radical (unpaired) electrons. The van der Waals surface area contributed by atoms with E-state index in [1.807, 2.05) is 6.07 Å². The second-order valence-corrected chi connectivity index (χ2v) is 6.86. The topological polar surface area (TPSA) is 85.1 Å². The Labute approximate surface area is 171 Å². The monoisotopic (exact) mass is 403 g/mol. The van der Waals surface area contributed by atoms with Crippen molar-refractivity contribution in [2.75, 3.05) is 0 Å². The molecule has 2 aromatic carbocycles. The van der Waals surface area contributed by atoms with Crippen LogP contribution in [0.25, 0.3) is 22.1 Å². The summed E-state index contributed by atoms with van der Waals surface area (Å²) in [6, 6.07) is 12.1. The van der Waals surface area contributed by atoms with E-state index in [0.717, 1.165) is 6.07 Å². The number of fused-ring (bicyclic) bond motifs is 1. The number of amides is 1. The second-order valence-electron chi connectivity index (χ2n) is 6.86. The molecule has 7 heteroatoms. The number of nitrogens with one attached hydrogen (secondary N) is 1. The van der Waals surface area contributed by atoms with E-state index < -0.39 is 17.8 Å². The Morgan fingerprint density at radius 2 is 1.83 bits per heavy atom. The first-order valence-electron chi connectivity index (χ1n) is 9.36. The van der Waals surface area contributed by atoms with Gasteiger partial charge in [-0.2, -0.15) is 0 Å². The van der Waals surface area contributed by atoms with Gasteiger partial charge in [0.2, 0.25) is 5.43 Å². The highest BCUT2D eigenvalue weighted by atomic mass is 19.1. The number of benzene rings is 2. The summed E-state index contributed by atoms with van der Waals surface area (Å²) in [4.78, 5) is 34.1. The highest BCUT2D eigenvalue weighted by Gasteiger charge is 2.23. The molecule has 0 saturated heterocycles. The quantitative estimate of drug-likeness (QED) is 0.552. The third-order valence-corrected chi connectivity index (χ3v) is 4.78. The minimum atomic E-state index is -0.656. The van der Waals surface area contributed by atoms with Gasteiger partial charge in [-0.25, -0.2) is 9.37 Å². The van der Waals surface area contributed by atoms with Crippen LogP contribution >= 0.6 is 0 Å². The van der Waals surface area contributed by atoms with Crippen LogP contribution in [0.3, 0.4) is 0 Å². The summed E-state index contributed by atoms with van der Waals surface area (Å²) in [7, 11) is 0. The minimum absolute atomic E-state index is 0.140. The largest absolute Gasteiger partial charge is 0.458 e. The van der Waals surface area contributed by atoms with Crippen LogP contribution in [0.15, 0.2) is 70.1 Å². The maximum atomic E-state index is 13.8. The number of hydrogen-bond acceptors (Lipinski definition) is 5. The summed E-state index contributed by atoms with van der Waals surface area (Å²) in [5, 5.41) is 2.96. The van der Waals surface area contributed by atoms with E-state index in [4.69, 9.17) is 4.42 Å². The molecule has 0 aliphatic heterocycles. The summed E-state index contributed by atoms with van der Waals surface area (Å²) in [5.41, 5.74) is 1.44. The van der Waals surface area contributed by atoms with E-state index in [1.165, 1.54) is 24.5 Å². The van der Waals surface area contributed by atoms with E-state index in [1.54, 1.807) is 38.1 Å². The lowest BCUT2D eigenvalue weighted by molar-refractivity contribution is 0.0929. The molecule has 0 unspecified atom stereocenters. The zero-order chi connectivity index (χ0) is 21.3. The van der Waals surface area contributed by atoms with Crippen molar-refractivity contribution < 1.29 is 13.6 Å². The standard InChI is InChI=1S/C23H18FN3O3/c1-13-20(26-11-10-25-13)23(29)27-14(2)22-19(15-6-4-3-5-7-15)21(28)17-12-16(24)8-9-18(17)30-22/h3-12,14H,1-2H3,(H,27,29)/t14-/m0/s1. The van der Waals surface area contributed by atoms with E-state index in [9.17, 15) is 14.0 Å². The fraction of sp³-hybridized carbons (Fsp3) is 0.130. The summed E-state index contributed by atoms with van der Waals surface area (Å²) in [6.07, 6.45) is 2.94. The molecule has 4 aromatic rings. The number of hydrogen-bond donors (Lipinski definition) is 1. The average Bonchev–Trinajstić information content (AvgIpc) is 2.75. The maximum absolute atomic E-state index is 13.8. The van der Waals surface area contributed by atoms with Gasteiger partial charge in [0.25, 0.3) is 5.91 Å². The van der Waals surface area contributed by atoms with Crippen molar-refractivity contribution in [2.24, 2.45) is 0 Å². The van der Waals surface area contributed by atoms with Gasteiger partial charge in [-0.3, -0.25) is 14.6 Å². The Balaban J connectivity index is 1.85. The van der Waals surface area contributed by atoms with Crippen LogP contribution in [0, 0.1) is 12.7 Å². The molecule has 0 spiro atoms. The van der Waals surface area contributed by atoms with Crippen LogP contribution in [0.2, 0.25) is 0 Å². The SMILES string of the molecule is Cc1nccnc1C(=O)N[C@@H](C)c1oc2ccc(F)cc2c(=O)c1-c1ccccc1. The third kappa shape index (κ3) is 3.57. The Bertz CT molecular complexity index is 1300. The molecule has 0 saturated carbocycles. The molecule has 2 heterocycles. The molecule has 1 amide bonds. The molecule has 0 bridgehead atoms. The van der Waals surface area contributed by atoms with Gasteiger partial charge in [0.15, 0.2) is 0 Å². The summed E-state index contributed by atoms with van der Waals surface area (Å²) in [6.45, 7) is 3.40. The van der Waals surface area contributed by atoms with Crippen molar-refractivity contribution in [3.05, 3.63) is 94.1 Å². The molecule has 4 rings (SSSR count). The summed E-state index contributed by atoms with van der Waals surface area (Å²) < 4.78 is 19.8. The molecule has 1 atom stereocenters. The van der Waals surface area contributed by atoms with E-state index in [-0.39, 0.29) is 33.4 Å². The lowest BCUT2D eigenvalue weighted by atomic mass is 9.99. The molecular formula is C23H18FN3O3. The van der Waals surface area contributed by atoms with Crippen molar-refractivity contribution in [3.63, 3.8) is 0 Å². The van der Waals surface area contributed by atoms with Crippen molar-refractivity contribution in [1.29, 1.82) is 0 Å². The minimum Gasteiger partial charge on any atom is -0.458 e. The number of aromatic nitrogens is 2. The zero-order valence-corrected chi connectivity index (χ0v) is 16.3. The van der Waals surface area contributed by atoms with Gasteiger partial charge in [0, 0.05) is 12.4 Å². The number of halogens is 1. The fourth-order valence-corrected chi connectivity index (χ4v) is 3.33. The molecular weight excluding hydrogens is 385 g/mol. The van der Waals surface area contributed by atoms with Gasteiger partial charge in [-0.05, 0) is 37.6 Å². The first-order valence-corrected chi connectivity index (χ1v) is 9.36.